The number of hydrazine groups is 1. The quantitative estimate of drug-likeness (QED) is 0.496. The van der Waals surface area contributed by atoms with Gasteiger partial charge < -0.3 is 4.74 Å². The van der Waals surface area contributed by atoms with E-state index in [0.29, 0.717) is 6.54 Å². The molecule has 0 bridgehead atoms. The Labute approximate surface area is 101 Å². The van der Waals surface area contributed by atoms with Gasteiger partial charge in [0.25, 0.3) is 0 Å². The molecule has 1 aromatic rings. The third kappa shape index (κ3) is 3.20. The number of rotatable bonds is 3. The SMILES string of the molecule is Cc1ccc(CN(N)C(=O)OC2CC2)c(C)c1. The molecular formula is C13H18N2O2. The summed E-state index contributed by atoms with van der Waals surface area (Å²) in [5.74, 6) is 5.69. The monoisotopic (exact) mass is 234 g/mol. The summed E-state index contributed by atoms with van der Waals surface area (Å²) in [6.07, 6.45) is 1.58. The van der Waals surface area contributed by atoms with Gasteiger partial charge in [-0.3, -0.25) is 0 Å². The Morgan fingerprint density at radius 2 is 2.18 bits per heavy atom. The highest BCUT2D eigenvalue weighted by atomic mass is 16.6. The highest BCUT2D eigenvalue weighted by Gasteiger charge is 2.27. The van der Waals surface area contributed by atoms with Crippen LogP contribution in [0.3, 0.4) is 0 Å². The molecule has 4 heteroatoms. The van der Waals surface area contributed by atoms with Crippen molar-refractivity contribution in [2.75, 3.05) is 0 Å². The molecule has 2 rings (SSSR count). The topological polar surface area (TPSA) is 55.6 Å². The van der Waals surface area contributed by atoms with Gasteiger partial charge in [-0.2, -0.15) is 0 Å². The maximum atomic E-state index is 11.6. The zero-order chi connectivity index (χ0) is 12.4. The fourth-order valence-electron chi connectivity index (χ4n) is 1.67. The maximum absolute atomic E-state index is 11.6. The molecule has 1 amide bonds. The van der Waals surface area contributed by atoms with Gasteiger partial charge in [-0.15, -0.1) is 0 Å². The molecule has 1 fully saturated rings. The second-order valence-corrected chi connectivity index (χ2v) is 4.64. The first-order chi connectivity index (χ1) is 8.06. The van der Waals surface area contributed by atoms with Gasteiger partial charge in [0.2, 0.25) is 0 Å². The molecule has 0 aromatic heterocycles. The number of ether oxygens (including phenoxy) is 1. The Morgan fingerprint density at radius 1 is 1.47 bits per heavy atom. The zero-order valence-electron chi connectivity index (χ0n) is 10.3. The van der Waals surface area contributed by atoms with Crippen LogP contribution < -0.4 is 5.84 Å². The van der Waals surface area contributed by atoms with E-state index >= 15 is 0 Å². The number of hydrogen-bond acceptors (Lipinski definition) is 3. The first kappa shape index (κ1) is 11.9. The van der Waals surface area contributed by atoms with Gasteiger partial charge in [-0.1, -0.05) is 23.8 Å². The van der Waals surface area contributed by atoms with Crippen molar-refractivity contribution in [1.82, 2.24) is 5.01 Å². The van der Waals surface area contributed by atoms with Crippen molar-refractivity contribution in [2.45, 2.75) is 39.3 Å². The van der Waals surface area contributed by atoms with Crippen LogP contribution >= 0.6 is 0 Å². The Bertz CT molecular complexity index is 427. The molecule has 92 valence electrons. The average Bonchev–Trinajstić information content (AvgIpc) is 3.06. The van der Waals surface area contributed by atoms with Crippen molar-refractivity contribution in [3.63, 3.8) is 0 Å². The van der Waals surface area contributed by atoms with Crippen LogP contribution in [0.1, 0.15) is 29.5 Å². The molecule has 0 radical (unpaired) electrons. The van der Waals surface area contributed by atoms with Crippen molar-refractivity contribution >= 4 is 6.09 Å². The summed E-state index contributed by atoms with van der Waals surface area (Å²) >= 11 is 0. The molecule has 2 N–H and O–H groups in total. The minimum absolute atomic E-state index is 0.0904. The summed E-state index contributed by atoms with van der Waals surface area (Å²) in [5, 5.41) is 1.13. The Balaban J connectivity index is 1.96. The second-order valence-electron chi connectivity index (χ2n) is 4.64. The lowest BCUT2D eigenvalue weighted by Crippen LogP contribution is -2.37. The first-order valence-corrected chi connectivity index (χ1v) is 5.85. The number of amides is 1. The summed E-state index contributed by atoms with van der Waals surface area (Å²) in [7, 11) is 0. The van der Waals surface area contributed by atoms with Gasteiger partial charge in [0.1, 0.15) is 6.10 Å². The van der Waals surface area contributed by atoms with Gasteiger partial charge in [0.15, 0.2) is 0 Å². The number of nitrogens with two attached hydrogens (primary N) is 1. The molecular weight excluding hydrogens is 216 g/mol. The number of carbonyl (C=O) groups excluding carboxylic acids is 1. The van der Waals surface area contributed by atoms with Crippen LogP contribution in [-0.4, -0.2) is 17.2 Å². The maximum Gasteiger partial charge on any atom is 0.424 e. The summed E-state index contributed by atoms with van der Waals surface area (Å²) in [4.78, 5) is 11.6. The Hall–Kier alpha value is -1.55. The van der Waals surface area contributed by atoms with Crippen LogP contribution in [0.4, 0.5) is 4.79 Å². The molecule has 0 atom stereocenters. The molecule has 0 spiro atoms. The lowest BCUT2D eigenvalue weighted by molar-refractivity contribution is 0.0934. The molecule has 0 aliphatic heterocycles. The summed E-state index contributed by atoms with van der Waals surface area (Å²) in [6.45, 7) is 4.44. The van der Waals surface area contributed by atoms with Crippen LogP contribution in [-0.2, 0) is 11.3 Å². The third-order valence-corrected chi connectivity index (χ3v) is 2.87. The van der Waals surface area contributed by atoms with E-state index in [0.717, 1.165) is 29.0 Å². The molecule has 1 saturated carbocycles. The van der Waals surface area contributed by atoms with Crippen molar-refractivity contribution in [3.8, 4) is 0 Å². The van der Waals surface area contributed by atoms with E-state index in [4.69, 9.17) is 10.6 Å². The molecule has 1 aromatic carbocycles. The lowest BCUT2D eigenvalue weighted by Gasteiger charge is -2.17. The first-order valence-electron chi connectivity index (χ1n) is 5.85. The predicted molar refractivity (Wildman–Crippen MR) is 65.1 cm³/mol. The van der Waals surface area contributed by atoms with Gasteiger partial charge in [-0.25, -0.2) is 15.6 Å². The minimum Gasteiger partial charge on any atom is -0.445 e. The van der Waals surface area contributed by atoms with Crippen molar-refractivity contribution in [3.05, 3.63) is 34.9 Å². The molecule has 1 aliphatic rings. The van der Waals surface area contributed by atoms with Crippen LogP contribution in [0.15, 0.2) is 18.2 Å². The molecule has 0 saturated heterocycles. The van der Waals surface area contributed by atoms with Gasteiger partial charge in [-0.05, 0) is 37.8 Å². The van der Waals surface area contributed by atoms with Gasteiger partial charge in [0.05, 0.1) is 6.54 Å². The molecule has 0 unspecified atom stereocenters. The third-order valence-electron chi connectivity index (χ3n) is 2.87. The summed E-state index contributed by atoms with van der Waals surface area (Å²) in [5.41, 5.74) is 3.39. The number of aryl methyl sites for hydroxylation is 2. The number of benzene rings is 1. The fourth-order valence-corrected chi connectivity index (χ4v) is 1.67. The van der Waals surface area contributed by atoms with Crippen LogP contribution in [0, 0.1) is 13.8 Å². The van der Waals surface area contributed by atoms with Crippen LogP contribution in [0.25, 0.3) is 0 Å². The predicted octanol–water partition coefficient (Wildman–Crippen LogP) is 2.28. The minimum atomic E-state index is -0.438. The van der Waals surface area contributed by atoms with Gasteiger partial charge in [0, 0.05) is 0 Å². The molecule has 1 aliphatic carbocycles. The smallest absolute Gasteiger partial charge is 0.424 e. The highest BCUT2D eigenvalue weighted by Crippen LogP contribution is 2.24. The van der Waals surface area contributed by atoms with Gasteiger partial charge >= 0.3 is 6.09 Å². The van der Waals surface area contributed by atoms with E-state index < -0.39 is 6.09 Å². The van der Waals surface area contributed by atoms with Crippen molar-refractivity contribution < 1.29 is 9.53 Å². The number of hydrogen-bond donors (Lipinski definition) is 1. The summed E-state index contributed by atoms with van der Waals surface area (Å²) in [6, 6.07) is 6.09. The van der Waals surface area contributed by atoms with Crippen LogP contribution in [0.2, 0.25) is 0 Å². The van der Waals surface area contributed by atoms with E-state index in [1.165, 1.54) is 5.56 Å². The van der Waals surface area contributed by atoms with E-state index in [2.05, 4.69) is 6.07 Å². The van der Waals surface area contributed by atoms with E-state index in [1.54, 1.807) is 0 Å². The molecule has 0 heterocycles. The molecule has 4 nitrogen and oxygen atoms in total. The molecule has 17 heavy (non-hydrogen) atoms. The lowest BCUT2D eigenvalue weighted by atomic mass is 10.1. The highest BCUT2D eigenvalue weighted by molar-refractivity contribution is 5.67. The van der Waals surface area contributed by atoms with Crippen LogP contribution in [0.5, 0.6) is 0 Å². The van der Waals surface area contributed by atoms with Crippen molar-refractivity contribution in [2.24, 2.45) is 5.84 Å². The average molecular weight is 234 g/mol. The fraction of sp³-hybridized carbons (Fsp3) is 0.462. The largest absolute Gasteiger partial charge is 0.445 e. The number of carbonyl (C=O) groups is 1. The van der Waals surface area contributed by atoms with E-state index in [9.17, 15) is 4.79 Å². The zero-order valence-corrected chi connectivity index (χ0v) is 10.3. The number of nitrogens with zero attached hydrogens (tertiary/aromatic N) is 1. The Morgan fingerprint density at radius 3 is 2.76 bits per heavy atom. The summed E-state index contributed by atoms with van der Waals surface area (Å²) < 4.78 is 5.12. The van der Waals surface area contributed by atoms with Crippen molar-refractivity contribution in [1.29, 1.82) is 0 Å². The standard InChI is InChI=1S/C13H18N2O2/c1-9-3-4-11(10(2)7-9)8-15(14)13(16)17-12-5-6-12/h3-4,7,12H,5-6,8,14H2,1-2H3. The normalized spacial score (nSPS) is 14.5. The Kier molecular flexibility index (Phi) is 3.33. The van der Waals surface area contributed by atoms with E-state index in [-0.39, 0.29) is 6.10 Å². The second kappa shape index (κ2) is 4.75. The van der Waals surface area contributed by atoms with E-state index in [1.807, 2.05) is 26.0 Å².